The Labute approximate surface area is 368 Å². The monoisotopic (exact) mass is 822 g/mol. The van der Waals surface area contributed by atoms with E-state index in [-0.39, 0.29) is 0 Å². The van der Waals surface area contributed by atoms with Crippen LogP contribution in [-0.2, 0) is 0 Å². The number of hydrogen-bond donors (Lipinski definition) is 0. The summed E-state index contributed by atoms with van der Waals surface area (Å²) in [5.41, 5.74) is 11.8. The molecule has 0 unspecified atom stereocenters. The molecule has 0 N–H and O–H groups in total. The van der Waals surface area contributed by atoms with Gasteiger partial charge in [0.15, 0.2) is 0 Å². The van der Waals surface area contributed by atoms with E-state index in [1.165, 1.54) is 85.4 Å². The summed E-state index contributed by atoms with van der Waals surface area (Å²) in [5.74, 6) is 0. The van der Waals surface area contributed by atoms with Gasteiger partial charge < -0.3 is 9.13 Å². The normalized spacial score (nSPS) is 12.1. The molecule has 2 nitrogen and oxygen atoms in total. The molecular weight excluding hydrogens is 781 g/mol. The molecule has 2 aromatic heterocycles. The van der Waals surface area contributed by atoms with E-state index < -0.39 is 10.0 Å². The zero-order valence-corrected chi connectivity index (χ0v) is 35.4. The predicted octanol–water partition coefficient (Wildman–Crippen LogP) is 16.6. The Morgan fingerprint density at radius 1 is 0.270 bits per heavy atom. The molecule has 0 aliphatic heterocycles. The SMILES string of the molecule is c1ccc(-c2ccccc2-n2c3ccc(-n4c5ccccc5c5ccc(S(c6ccccc6)(c6ccccc6)c6ccccc6)cc54)cc3c3c(-c4ccccc4)cccc32)cc1. The molecule has 0 aliphatic carbocycles. The molecule has 3 heteroatoms. The van der Waals surface area contributed by atoms with Crippen LogP contribution in [0.3, 0.4) is 0 Å². The minimum Gasteiger partial charge on any atom is -0.309 e. The lowest BCUT2D eigenvalue weighted by Crippen LogP contribution is -2.05. The number of rotatable bonds is 8. The standard InChI is InChI=1S/C60H42N2S/c1-6-21-43(22-7-1)50-31-16-18-34-55(50)62-57-40-37-45(41-54(57)60-51(33-20-36-58(60)62)44-23-8-2-9-24-44)61-56-35-19-17-32-52(56)53-39-38-49(42-59(53)61)63(46-25-10-3-11-26-46,47-27-12-4-13-28-47)48-29-14-5-15-30-48/h1-42H. The van der Waals surface area contributed by atoms with Crippen molar-refractivity contribution in [2.75, 3.05) is 0 Å². The average molecular weight is 823 g/mol. The molecule has 63 heavy (non-hydrogen) atoms. The smallest absolute Gasteiger partial charge is 0.0552 e. The van der Waals surface area contributed by atoms with Crippen molar-refractivity contribution in [3.05, 3.63) is 255 Å². The Kier molecular flexibility index (Phi) is 8.95. The minimum absolute atomic E-state index is 1.13. The molecule has 0 aliphatic rings. The van der Waals surface area contributed by atoms with Gasteiger partial charge in [-0.05, 0) is 102 Å². The van der Waals surface area contributed by atoms with E-state index >= 15 is 0 Å². The first-order valence-electron chi connectivity index (χ1n) is 21.6. The maximum atomic E-state index is 2.50. The van der Waals surface area contributed by atoms with E-state index in [0.29, 0.717) is 0 Å². The number of aromatic nitrogens is 2. The summed E-state index contributed by atoms with van der Waals surface area (Å²) in [4.78, 5) is 5.22. The number of fused-ring (bicyclic) bond motifs is 6. The van der Waals surface area contributed by atoms with Crippen LogP contribution in [0.5, 0.6) is 0 Å². The number of hydrogen-bond acceptors (Lipinski definition) is 0. The first-order valence-corrected chi connectivity index (χ1v) is 23.2. The molecular formula is C60H42N2S. The molecule has 0 atom stereocenters. The molecule has 0 saturated heterocycles. The molecule has 12 aromatic rings. The summed E-state index contributed by atoms with van der Waals surface area (Å²) in [6, 6.07) is 93.9. The molecule has 0 spiro atoms. The van der Waals surface area contributed by atoms with E-state index in [1.54, 1.807) is 0 Å². The first-order chi connectivity index (χ1) is 31.3. The molecule has 0 fully saturated rings. The third-order valence-corrected chi connectivity index (χ3v) is 16.5. The van der Waals surface area contributed by atoms with Gasteiger partial charge in [0.1, 0.15) is 0 Å². The Morgan fingerprint density at radius 3 is 1.41 bits per heavy atom. The van der Waals surface area contributed by atoms with E-state index in [1.807, 2.05) is 0 Å². The summed E-state index contributed by atoms with van der Waals surface area (Å²) in [5, 5.41) is 4.93. The molecule has 2 heterocycles. The Morgan fingerprint density at radius 2 is 0.762 bits per heavy atom. The number of benzene rings is 10. The Balaban J connectivity index is 1.17. The van der Waals surface area contributed by atoms with Crippen molar-refractivity contribution in [3.63, 3.8) is 0 Å². The summed E-state index contributed by atoms with van der Waals surface area (Å²) in [6.45, 7) is 0. The third kappa shape index (κ3) is 5.89. The van der Waals surface area contributed by atoms with Crippen LogP contribution >= 0.6 is 10.0 Å². The summed E-state index contributed by atoms with van der Waals surface area (Å²) in [6.07, 6.45) is 0. The van der Waals surface area contributed by atoms with Crippen LogP contribution in [0.15, 0.2) is 274 Å². The van der Waals surface area contributed by atoms with Gasteiger partial charge in [-0.2, -0.15) is 0 Å². The van der Waals surface area contributed by atoms with Crippen molar-refractivity contribution in [1.82, 2.24) is 9.13 Å². The average Bonchev–Trinajstić information content (AvgIpc) is 3.88. The van der Waals surface area contributed by atoms with E-state index in [0.717, 1.165) is 11.4 Å². The first kappa shape index (κ1) is 37.0. The van der Waals surface area contributed by atoms with Gasteiger partial charge in [0.2, 0.25) is 0 Å². The lowest BCUT2D eigenvalue weighted by molar-refractivity contribution is 1.16. The second kappa shape index (κ2) is 15.3. The van der Waals surface area contributed by atoms with E-state index in [9.17, 15) is 0 Å². The zero-order chi connectivity index (χ0) is 41.7. The number of nitrogens with zero attached hydrogens (tertiary/aromatic N) is 2. The second-order valence-corrected chi connectivity index (χ2v) is 19.2. The summed E-state index contributed by atoms with van der Waals surface area (Å²) >= 11 is 0. The highest BCUT2D eigenvalue weighted by molar-refractivity contribution is 8.34. The summed E-state index contributed by atoms with van der Waals surface area (Å²) < 4.78 is 4.98. The molecule has 0 saturated carbocycles. The molecule has 298 valence electrons. The highest BCUT2D eigenvalue weighted by atomic mass is 32.3. The van der Waals surface area contributed by atoms with Gasteiger partial charge in [-0.15, -0.1) is 10.0 Å². The fourth-order valence-electron chi connectivity index (χ4n) is 9.96. The second-order valence-electron chi connectivity index (χ2n) is 16.1. The van der Waals surface area contributed by atoms with Gasteiger partial charge in [0.25, 0.3) is 0 Å². The Hall–Kier alpha value is -7.85. The quantitative estimate of drug-likeness (QED) is 0.144. The van der Waals surface area contributed by atoms with Crippen LogP contribution < -0.4 is 0 Å². The van der Waals surface area contributed by atoms with Gasteiger partial charge >= 0.3 is 0 Å². The van der Waals surface area contributed by atoms with E-state index in [2.05, 4.69) is 264 Å². The Bertz CT molecular complexity index is 3500. The van der Waals surface area contributed by atoms with Gasteiger partial charge in [-0.3, -0.25) is 0 Å². The lowest BCUT2D eigenvalue weighted by atomic mass is 9.99. The van der Waals surface area contributed by atoms with E-state index in [4.69, 9.17) is 0 Å². The van der Waals surface area contributed by atoms with Crippen LogP contribution in [0.1, 0.15) is 0 Å². The molecule has 10 aromatic carbocycles. The van der Waals surface area contributed by atoms with Crippen molar-refractivity contribution in [3.8, 4) is 33.6 Å². The van der Waals surface area contributed by atoms with Crippen LogP contribution in [0.25, 0.3) is 77.2 Å². The van der Waals surface area contributed by atoms with Gasteiger partial charge in [0, 0.05) is 52.4 Å². The largest absolute Gasteiger partial charge is 0.309 e. The molecule has 0 bridgehead atoms. The van der Waals surface area contributed by atoms with Crippen LogP contribution in [0.2, 0.25) is 0 Å². The highest BCUT2D eigenvalue weighted by Crippen LogP contribution is 2.73. The van der Waals surface area contributed by atoms with Crippen LogP contribution in [-0.4, -0.2) is 9.13 Å². The van der Waals surface area contributed by atoms with Crippen molar-refractivity contribution in [1.29, 1.82) is 0 Å². The maximum absolute atomic E-state index is 2.50. The topological polar surface area (TPSA) is 9.86 Å². The lowest BCUT2D eigenvalue weighted by Gasteiger charge is -2.42. The highest BCUT2D eigenvalue weighted by Gasteiger charge is 2.34. The minimum atomic E-state index is -1.91. The van der Waals surface area contributed by atoms with Crippen molar-refractivity contribution < 1.29 is 0 Å². The van der Waals surface area contributed by atoms with Crippen LogP contribution in [0, 0.1) is 0 Å². The third-order valence-electron chi connectivity index (χ3n) is 12.6. The van der Waals surface area contributed by atoms with Crippen molar-refractivity contribution in [2.24, 2.45) is 0 Å². The maximum Gasteiger partial charge on any atom is 0.0552 e. The summed E-state index contributed by atoms with van der Waals surface area (Å²) in [7, 11) is -1.91. The number of para-hydroxylation sites is 2. The van der Waals surface area contributed by atoms with Gasteiger partial charge in [-0.1, -0.05) is 170 Å². The predicted molar refractivity (Wildman–Crippen MR) is 266 cm³/mol. The zero-order valence-electron chi connectivity index (χ0n) is 34.6. The van der Waals surface area contributed by atoms with Crippen LogP contribution in [0.4, 0.5) is 0 Å². The molecule has 0 radical (unpaired) electrons. The fraction of sp³-hybridized carbons (Fsp3) is 0. The van der Waals surface area contributed by atoms with Gasteiger partial charge in [0.05, 0.1) is 27.8 Å². The molecule has 0 amide bonds. The van der Waals surface area contributed by atoms with Crippen molar-refractivity contribution in [2.45, 2.75) is 19.6 Å². The van der Waals surface area contributed by atoms with Gasteiger partial charge in [-0.25, -0.2) is 0 Å². The van der Waals surface area contributed by atoms with Crippen molar-refractivity contribution >= 4 is 53.6 Å². The fourth-order valence-corrected chi connectivity index (χ4v) is 13.8. The molecule has 12 rings (SSSR count).